The van der Waals surface area contributed by atoms with Crippen LogP contribution >= 0.6 is 7.82 Å². The third-order valence-corrected chi connectivity index (χ3v) is 16.4. The maximum atomic E-state index is 13.6. The number of quaternary nitrogens is 1. The van der Waals surface area contributed by atoms with Crippen molar-refractivity contribution in [2.75, 3.05) is 40.9 Å². The molecule has 2 N–H and O–H groups in total. The van der Waals surface area contributed by atoms with E-state index >= 15 is 0 Å². The van der Waals surface area contributed by atoms with Crippen LogP contribution in [0.5, 0.6) is 0 Å². The van der Waals surface area contributed by atoms with E-state index in [2.05, 4.69) is 86.8 Å². The highest BCUT2D eigenvalue weighted by Crippen LogP contribution is 2.43. The van der Waals surface area contributed by atoms with Gasteiger partial charge in [-0.2, -0.15) is 0 Å². The Morgan fingerprint density at radius 3 is 1.15 bits per heavy atom. The second kappa shape index (κ2) is 61.5. The van der Waals surface area contributed by atoms with E-state index in [1.165, 1.54) is 199 Å². The molecule has 0 aliphatic heterocycles. The highest BCUT2D eigenvalue weighted by Gasteiger charge is 2.30. The van der Waals surface area contributed by atoms with E-state index in [0.717, 1.165) is 89.9 Å². The van der Waals surface area contributed by atoms with Crippen LogP contribution in [0.15, 0.2) is 72.9 Å². The minimum absolute atomic E-state index is 0.0375. The zero-order chi connectivity index (χ0) is 60.0. The first-order chi connectivity index (χ1) is 39.9. The topological polar surface area (TPSA) is 111 Å². The Labute approximate surface area is 508 Å². The molecule has 3 atom stereocenters. The van der Waals surface area contributed by atoms with E-state index in [1.54, 1.807) is 0 Å². The summed E-state index contributed by atoms with van der Waals surface area (Å²) in [5.74, 6) is -0.506. The monoisotopic (exact) mass is 1170 g/mol. The minimum Gasteiger partial charge on any atom is -0.456 e. The molecule has 0 aliphatic rings. The number of phosphoric acid groups is 1. The van der Waals surface area contributed by atoms with Crippen LogP contribution in [0.1, 0.15) is 323 Å². The van der Waals surface area contributed by atoms with Crippen LogP contribution in [0.4, 0.5) is 0 Å². The normalized spacial score (nSPS) is 14.0. The summed E-state index contributed by atoms with van der Waals surface area (Å²) in [6.07, 6.45) is 80.4. The van der Waals surface area contributed by atoms with Gasteiger partial charge in [0.1, 0.15) is 19.3 Å². The lowest BCUT2D eigenvalue weighted by molar-refractivity contribution is -0.870. The standard InChI is InChI=1S/C72H133N2O7P/c1-7-10-13-16-19-22-25-28-30-32-34-35-36-37-38-39-41-43-45-47-50-53-56-59-62-65-72(76)81-70(63-60-57-54-51-48-27-24-21-18-15-12-9-3)69(68-80-82(77,78)79-67-66-74(4,5)6)73-71(75)64-61-58-55-52-49-46-44-42-40-33-31-29-26-23-20-17-14-11-8-2/h19,22,28-31,34-35,37-38,60,63,69-70H,7-18,20-21,23-27,32-33,36,39-59,61-62,64-68H2,1-6H3,(H-,73,75,77,78)/p+1/b22-19-,30-28-,31-29+,35-34-,38-37-,63-60-. The van der Waals surface area contributed by atoms with Gasteiger partial charge in [-0.15, -0.1) is 0 Å². The number of carbonyl (C=O) groups is 2. The van der Waals surface area contributed by atoms with Gasteiger partial charge in [0.2, 0.25) is 5.91 Å². The number of nitrogens with zero attached hydrogens (tertiary/aromatic N) is 1. The molecule has 0 aromatic carbocycles. The Kier molecular flexibility index (Phi) is 59.6. The van der Waals surface area contributed by atoms with Gasteiger partial charge in [-0.1, -0.05) is 280 Å². The van der Waals surface area contributed by atoms with Crippen LogP contribution in [0.2, 0.25) is 0 Å². The van der Waals surface area contributed by atoms with Crippen LogP contribution in [-0.2, 0) is 27.9 Å². The molecule has 0 fully saturated rings. The molecule has 0 aromatic rings. The molecule has 10 heteroatoms. The highest BCUT2D eigenvalue weighted by molar-refractivity contribution is 7.47. The first-order valence-corrected chi connectivity index (χ1v) is 36.3. The summed E-state index contributed by atoms with van der Waals surface area (Å²) in [7, 11) is 1.49. The second-order valence-electron chi connectivity index (χ2n) is 24.7. The van der Waals surface area contributed by atoms with Gasteiger partial charge in [-0.25, -0.2) is 4.57 Å². The first kappa shape index (κ1) is 79.5. The Morgan fingerprint density at radius 1 is 0.427 bits per heavy atom. The summed E-state index contributed by atoms with van der Waals surface area (Å²) < 4.78 is 30.8. The third kappa shape index (κ3) is 62.0. The van der Waals surface area contributed by atoms with Gasteiger partial charge >= 0.3 is 13.8 Å². The van der Waals surface area contributed by atoms with E-state index in [0.29, 0.717) is 17.4 Å². The number of hydrogen-bond acceptors (Lipinski definition) is 6. The number of esters is 1. The zero-order valence-corrected chi connectivity index (χ0v) is 55.6. The molecule has 0 heterocycles. The van der Waals surface area contributed by atoms with E-state index in [1.807, 2.05) is 33.3 Å². The maximum absolute atomic E-state index is 13.6. The summed E-state index contributed by atoms with van der Waals surface area (Å²) in [5.41, 5.74) is 0. The van der Waals surface area contributed by atoms with Crippen molar-refractivity contribution in [3.8, 4) is 0 Å². The number of allylic oxidation sites excluding steroid dienone is 11. The summed E-state index contributed by atoms with van der Waals surface area (Å²) in [6.45, 7) is 7.00. The number of rotatable bonds is 63. The molecule has 478 valence electrons. The quantitative estimate of drug-likeness (QED) is 0.0205. The lowest BCUT2D eigenvalue weighted by Gasteiger charge is -2.27. The maximum Gasteiger partial charge on any atom is 0.472 e. The molecule has 0 radical (unpaired) electrons. The van der Waals surface area contributed by atoms with Crippen molar-refractivity contribution >= 4 is 19.7 Å². The molecular weight excluding hydrogens is 1040 g/mol. The molecule has 0 spiro atoms. The Balaban J connectivity index is 5.11. The van der Waals surface area contributed by atoms with Crippen LogP contribution < -0.4 is 5.32 Å². The van der Waals surface area contributed by atoms with E-state index in [-0.39, 0.29) is 31.5 Å². The summed E-state index contributed by atoms with van der Waals surface area (Å²) in [4.78, 5) is 37.9. The van der Waals surface area contributed by atoms with E-state index < -0.39 is 20.0 Å². The van der Waals surface area contributed by atoms with Crippen molar-refractivity contribution in [1.29, 1.82) is 0 Å². The molecule has 0 aromatic heterocycles. The van der Waals surface area contributed by atoms with Crippen LogP contribution in [-0.4, -0.2) is 74.3 Å². The van der Waals surface area contributed by atoms with E-state index in [4.69, 9.17) is 13.8 Å². The van der Waals surface area contributed by atoms with Crippen molar-refractivity contribution in [2.24, 2.45) is 0 Å². The van der Waals surface area contributed by atoms with Gasteiger partial charge in [-0.05, 0) is 102 Å². The molecule has 0 bridgehead atoms. The molecule has 3 unspecified atom stereocenters. The highest BCUT2D eigenvalue weighted by atomic mass is 31.2. The number of phosphoric ester groups is 1. The molecule has 0 saturated heterocycles. The molecule has 0 aliphatic carbocycles. The molecule has 9 nitrogen and oxygen atoms in total. The van der Waals surface area contributed by atoms with Crippen LogP contribution in [0.25, 0.3) is 0 Å². The lowest BCUT2D eigenvalue weighted by Crippen LogP contribution is -2.47. The SMILES string of the molecule is CCCCC/C=C\C/C=C\C/C=C\C/C=C\CCCCCCCCCCCC(=O)OC(/C=C\CCCCCCCCCCCC)C(COP(=O)(O)OCC[N+](C)(C)C)NC(=O)CCCCCCCCCCC/C=C/CCCCCCCC. The number of unbranched alkanes of at least 4 members (excludes halogenated alkanes) is 37. The Morgan fingerprint density at radius 2 is 0.744 bits per heavy atom. The second-order valence-corrected chi connectivity index (χ2v) is 26.1. The van der Waals surface area contributed by atoms with Gasteiger partial charge in [0.05, 0.1) is 33.8 Å². The fourth-order valence-corrected chi connectivity index (χ4v) is 10.7. The fraction of sp³-hybridized carbons (Fsp3) is 0.806. The zero-order valence-electron chi connectivity index (χ0n) is 54.7. The summed E-state index contributed by atoms with van der Waals surface area (Å²) >= 11 is 0. The van der Waals surface area contributed by atoms with E-state index in [9.17, 15) is 19.0 Å². The summed E-state index contributed by atoms with van der Waals surface area (Å²) in [5, 5.41) is 3.07. The van der Waals surface area contributed by atoms with Gasteiger partial charge in [0, 0.05) is 12.8 Å². The lowest BCUT2D eigenvalue weighted by atomic mass is 10.0. The van der Waals surface area contributed by atoms with Crippen molar-refractivity contribution in [3.63, 3.8) is 0 Å². The Hall–Kier alpha value is -2.55. The average molecular weight is 1170 g/mol. The predicted molar refractivity (Wildman–Crippen MR) is 355 cm³/mol. The number of carbonyl (C=O) groups excluding carboxylic acids is 2. The third-order valence-electron chi connectivity index (χ3n) is 15.4. The molecule has 1 amide bonds. The smallest absolute Gasteiger partial charge is 0.456 e. The fourth-order valence-electron chi connectivity index (χ4n) is 9.98. The first-order valence-electron chi connectivity index (χ1n) is 34.8. The number of nitrogens with one attached hydrogen (secondary N) is 1. The predicted octanol–water partition coefficient (Wildman–Crippen LogP) is 22.0. The van der Waals surface area contributed by atoms with Gasteiger partial charge < -0.3 is 19.4 Å². The number of ether oxygens (including phenoxy) is 1. The average Bonchev–Trinajstić information content (AvgIpc) is 3.44. The van der Waals surface area contributed by atoms with Crippen molar-refractivity contribution in [2.45, 2.75) is 335 Å². The minimum atomic E-state index is -4.46. The molecule has 82 heavy (non-hydrogen) atoms. The number of amides is 1. The molecular formula is C72H134N2O7P+. The molecule has 0 saturated carbocycles. The number of hydrogen-bond donors (Lipinski definition) is 2. The summed E-state index contributed by atoms with van der Waals surface area (Å²) in [6, 6.07) is -0.855. The molecule has 0 rings (SSSR count). The van der Waals surface area contributed by atoms with Crippen LogP contribution in [0.3, 0.4) is 0 Å². The van der Waals surface area contributed by atoms with Crippen molar-refractivity contribution in [3.05, 3.63) is 72.9 Å². The van der Waals surface area contributed by atoms with Gasteiger partial charge in [0.15, 0.2) is 0 Å². The van der Waals surface area contributed by atoms with Gasteiger partial charge in [-0.3, -0.25) is 18.6 Å². The van der Waals surface area contributed by atoms with Crippen molar-refractivity contribution in [1.82, 2.24) is 5.32 Å². The Bertz CT molecular complexity index is 1630. The largest absolute Gasteiger partial charge is 0.472 e. The van der Waals surface area contributed by atoms with Crippen molar-refractivity contribution < 1.29 is 37.3 Å². The number of likely N-dealkylation sites (N-methyl/N-ethyl adjacent to an activating group) is 1. The van der Waals surface area contributed by atoms with Gasteiger partial charge in [0.25, 0.3) is 0 Å². The van der Waals surface area contributed by atoms with Crippen LogP contribution in [0, 0.1) is 0 Å².